The summed E-state index contributed by atoms with van der Waals surface area (Å²) in [4.78, 5) is 29.2. The molecule has 0 radical (unpaired) electrons. The van der Waals surface area contributed by atoms with Gasteiger partial charge in [-0.3, -0.25) is 19.4 Å². The van der Waals surface area contributed by atoms with Crippen molar-refractivity contribution in [3.63, 3.8) is 0 Å². The molecule has 2 unspecified atom stereocenters. The fourth-order valence-corrected chi connectivity index (χ4v) is 5.73. The molecule has 0 aromatic heterocycles. The molecule has 4 heteroatoms. The number of carbonyl (C=O) groups is 2. The van der Waals surface area contributed by atoms with Crippen molar-refractivity contribution in [2.45, 2.75) is 51.1 Å². The van der Waals surface area contributed by atoms with Crippen LogP contribution < -0.4 is 0 Å². The predicted molar refractivity (Wildman–Crippen MR) is 90.8 cm³/mol. The van der Waals surface area contributed by atoms with Crippen molar-refractivity contribution < 1.29 is 9.59 Å². The zero-order valence-electron chi connectivity index (χ0n) is 14.4. The molecule has 3 atom stereocenters. The van der Waals surface area contributed by atoms with E-state index in [9.17, 15) is 9.59 Å². The van der Waals surface area contributed by atoms with E-state index in [4.69, 9.17) is 0 Å². The molecule has 1 aromatic carbocycles. The fourth-order valence-electron chi connectivity index (χ4n) is 5.73. The van der Waals surface area contributed by atoms with Gasteiger partial charge >= 0.3 is 0 Å². The first-order valence-electron chi connectivity index (χ1n) is 9.26. The Kier molecular flexibility index (Phi) is 2.73. The smallest absolute Gasteiger partial charge is 0.261 e. The molecule has 3 fully saturated rings. The lowest BCUT2D eigenvalue weighted by molar-refractivity contribution is -0.0688. The number of carbonyl (C=O) groups excluding carboxylic acids is 2. The van der Waals surface area contributed by atoms with Crippen molar-refractivity contribution in [1.29, 1.82) is 0 Å². The van der Waals surface area contributed by atoms with Crippen molar-refractivity contribution in [3.8, 4) is 0 Å². The van der Waals surface area contributed by atoms with Crippen LogP contribution in [0.2, 0.25) is 0 Å². The van der Waals surface area contributed by atoms with Crippen LogP contribution in [0, 0.1) is 11.3 Å². The summed E-state index contributed by atoms with van der Waals surface area (Å²) in [6.07, 6.45) is 5.29. The van der Waals surface area contributed by atoms with Crippen LogP contribution in [0.4, 0.5) is 0 Å². The molecule has 24 heavy (non-hydrogen) atoms. The topological polar surface area (TPSA) is 40.6 Å². The summed E-state index contributed by atoms with van der Waals surface area (Å²) in [5.41, 5.74) is 2.11. The summed E-state index contributed by atoms with van der Waals surface area (Å²) in [6, 6.07) is 7.42. The fraction of sp³-hybridized carbons (Fsp3) is 0.600. The van der Waals surface area contributed by atoms with Gasteiger partial charge in [0.25, 0.3) is 11.8 Å². The minimum atomic E-state index is -0.125. The van der Waals surface area contributed by atoms with Gasteiger partial charge in [-0.1, -0.05) is 25.5 Å². The lowest BCUT2D eigenvalue weighted by Gasteiger charge is -2.55. The van der Waals surface area contributed by atoms with E-state index in [2.05, 4.69) is 18.7 Å². The maximum atomic E-state index is 12.6. The molecule has 2 aliphatic heterocycles. The molecule has 2 heterocycles. The number of benzene rings is 1. The number of likely N-dealkylation sites (tertiary alicyclic amines) is 1. The molecular weight excluding hydrogens is 300 g/mol. The van der Waals surface area contributed by atoms with Gasteiger partial charge in [0.1, 0.15) is 0 Å². The molecular formula is C20H24N2O2. The van der Waals surface area contributed by atoms with Crippen LogP contribution >= 0.6 is 0 Å². The second-order valence-corrected chi connectivity index (χ2v) is 8.24. The van der Waals surface area contributed by atoms with E-state index in [0.29, 0.717) is 28.6 Å². The summed E-state index contributed by atoms with van der Waals surface area (Å²) < 4.78 is 0. The molecule has 0 bridgehead atoms. The van der Waals surface area contributed by atoms with Gasteiger partial charge in [0, 0.05) is 30.1 Å². The first-order valence-corrected chi connectivity index (χ1v) is 9.26. The minimum Gasteiger partial charge on any atom is -0.292 e. The van der Waals surface area contributed by atoms with Gasteiger partial charge in [-0.2, -0.15) is 0 Å². The van der Waals surface area contributed by atoms with E-state index in [1.165, 1.54) is 30.6 Å². The van der Waals surface area contributed by atoms with Gasteiger partial charge < -0.3 is 0 Å². The predicted octanol–water partition coefficient (Wildman–Crippen LogP) is 2.94. The first kappa shape index (κ1) is 14.6. The van der Waals surface area contributed by atoms with Crippen molar-refractivity contribution >= 4 is 11.8 Å². The highest BCUT2D eigenvalue weighted by atomic mass is 16.2. The average molecular weight is 324 g/mol. The number of amides is 2. The molecule has 5 rings (SSSR count). The van der Waals surface area contributed by atoms with Crippen molar-refractivity contribution in [2.24, 2.45) is 11.3 Å². The number of nitrogens with zero attached hydrogens (tertiary/aromatic N) is 2. The maximum Gasteiger partial charge on any atom is 0.261 e. The second-order valence-electron chi connectivity index (χ2n) is 8.24. The largest absolute Gasteiger partial charge is 0.292 e. The van der Waals surface area contributed by atoms with Gasteiger partial charge in [-0.25, -0.2) is 0 Å². The summed E-state index contributed by atoms with van der Waals surface area (Å²) >= 11 is 0. The number of hydrogen-bond donors (Lipinski definition) is 0. The highest BCUT2D eigenvalue weighted by molar-refractivity contribution is 6.21. The summed E-state index contributed by atoms with van der Waals surface area (Å²) in [6.45, 7) is 6.16. The number of imide groups is 1. The standard InChI is InChI=1S/C20H24N2O2/c1-3-14-10-19(14)12-22(20(19)8-9-20)13(2)11-21-17(23)15-6-4-5-7-16(15)18(21)24/h4-7,13-14H,3,8-12H2,1-2H3/t13-,14?,19?/m0/s1. The van der Waals surface area contributed by atoms with Gasteiger partial charge in [-0.05, 0) is 44.2 Å². The zero-order valence-corrected chi connectivity index (χ0v) is 14.4. The molecule has 4 nitrogen and oxygen atoms in total. The lowest BCUT2D eigenvalue weighted by atomic mass is 9.78. The third kappa shape index (κ3) is 1.58. The van der Waals surface area contributed by atoms with Gasteiger partial charge in [0.15, 0.2) is 0 Å². The van der Waals surface area contributed by atoms with Crippen LogP contribution in [0.15, 0.2) is 24.3 Å². The maximum absolute atomic E-state index is 12.6. The average Bonchev–Trinajstić information content (AvgIpc) is 3.48. The van der Waals surface area contributed by atoms with Crippen molar-refractivity contribution in [1.82, 2.24) is 9.80 Å². The highest BCUT2D eigenvalue weighted by Gasteiger charge is 2.79. The van der Waals surface area contributed by atoms with Crippen LogP contribution in [-0.2, 0) is 0 Å². The summed E-state index contributed by atoms with van der Waals surface area (Å²) in [5, 5.41) is 0. The Balaban J connectivity index is 1.32. The van der Waals surface area contributed by atoms with Crippen LogP contribution in [0.5, 0.6) is 0 Å². The quantitative estimate of drug-likeness (QED) is 0.800. The van der Waals surface area contributed by atoms with E-state index >= 15 is 0 Å². The van der Waals surface area contributed by atoms with Crippen LogP contribution in [0.1, 0.15) is 60.2 Å². The third-order valence-electron chi connectivity index (χ3n) is 7.23. The molecule has 2 aliphatic carbocycles. The Morgan fingerprint density at radius 3 is 2.29 bits per heavy atom. The Bertz CT molecular complexity index is 719. The molecule has 2 amide bonds. The number of hydrogen-bond acceptors (Lipinski definition) is 3. The molecule has 4 aliphatic rings. The van der Waals surface area contributed by atoms with E-state index in [-0.39, 0.29) is 17.9 Å². The van der Waals surface area contributed by atoms with Crippen molar-refractivity contribution in [3.05, 3.63) is 35.4 Å². The first-order chi connectivity index (χ1) is 11.5. The van der Waals surface area contributed by atoms with Crippen LogP contribution in [0.25, 0.3) is 0 Å². The van der Waals surface area contributed by atoms with Crippen LogP contribution in [0.3, 0.4) is 0 Å². The Hall–Kier alpha value is -1.68. The summed E-state index contributed by atoms with van der Waals surface area (Å²) in [7, 11) is 0. The lowest BCUT2D eigenvalue weighted by Crippen LogP contribution is -2.66. The van der Waals surface area contributed by atoms with Gasteiger partial charge in [-0.15, -0.1) is 0 Å². The molecule has 1 saturated heterocycles. The van der Waals surface area contributed by atoms with Gasteiger partial charge in [0.2, 0.25) is 0 Å². The van der Waals surface area contributed by atoms with Crippen molar-refractivity contribution in [2.75, 3.05) is 13.1 Å². The third-order valence-corrected chi connectivity index (χ3v) is 7.23. The molecule has 2 spiro atoms. The minimum absolute atomic E-state index is 0.125. The molecule has 1 aromatic rings. The van der Waals surface area contributed by atoms with E-state index in [1.807, 2.05) is 12.1 Å². The Morgan fingerprint density at radius 1 is 1.17 bits per heavy atom. The molecule has 0 N–H and O–H groups in total. The highest BCUT2D eigenvalue weighted by Crippen LogP contribution is 2.77. The monoisotopic (exact) mass is 324 g/mol. The Labute approximate surface area is 142 Å². The SMILES string of the molecule is CCC1CC12CN([C@@H](C)CN1C(=O)c3ccccc3C1=O)C21CC1. The molecule has 2 saturated carbocycles. The normalized spacial score (nSPS) is 33.8. The second kappa shape index (κ2) is 4.48. The van der Waals surface area contributed by atoms with E-state index in [0.717, 1.165) is 12.5 Å². The summed E-state index contributed by atoms with van der Waals surface area (Å²) in [5.74, 6) is 0.656. The number of fused-ring (bicyclic) bond motifs is 2. The zero-order chi connectivity index (χ0) is 16.7. The Morgan fingerprint density at radius 2 is 1.79 bits per heavy atom. The molecule has 126 valence electrons. The van der Waals surface area contributed by atoms with E-state index < -0.39 is 0 Å². The van der Waals surface area contributed by atoms with E-state index in [1.54, 1.807) is 12.1 Å². The van der Waals surface area contributed by atoms with Crippen LogP contribution in [-0.4, -0.2) is 46.3 Å². The van der Waals surface area contributed by atoms with Gasteiger partial charge in [0.05, 0.1) is 11.1 Å². The number of rotatable bonds is 4.